The van der Waals surface area contributed by atoms with Crippen LogP contribution in [0.1, 0.15) is 51.9 Å². The maximum absolute atomic E-state index is 12.1. The molecule has 2 fully saturated rings. The van der Waals surface area contributed by atoms with Gasteiger partial charge in [-0.3, -0.25) is 14.5 Å². The largest absolute Gasteiger partial charge is 0.330 e. The Balaban J connectivity index is 2.08. The van der Waals surface area contributed by atoms with E-state index in [0.29, 0.717) is 25.8 Å². The quantitative estimate of drug-likeness (QED) is 0.757. The van der Waals surface area contributed by atoms with Gasteiger partial charge in [0.05, 0.1) is 0 Å². The van der Waals surface area contributed by atoms with Gasteiger partial charge in [0, 0.05) is 18.9 Å². The highest BCUT2D eigenvalue weighted by molar-refractivity contribution is 5.98. The maximum Gasteiger partial charge on any atom is 0.229 e. The third-order valence-corrected chi connectivity index (χ3v) is 4.28. The molecule has 2 amide bonds. The standard InChI is InChI=1S/C13H22N2O2/c1-10(4-7-14)15-11(16)8-13(9-12(15)17)5-2-3-6-13/h10H,2-9,14H2,1H3. The SMILES string of the molecule is CC(CCN)N1C(=O)CC2(CCCC2)CC1=O. The molecule has 1 spiro atoms. The first kappa shape index (κ1) is 12.6. The van der Waals surface area contributed by atoms with Gasteiger partial charge < -0.3 is 5.73 Å². The van der Waals surface area contributed by atoms with Crippen LogP contribution in [0, 0.1) is 5.41 Å². The summed E-state index contributed by atoms with van der Waals surface area (Å²) >= 11 is 0. The lowest BCUT2D eigenvalue weighted by molar-refractivity contribution is -0.156. The Morgan fingerprint density at radius 1 is 1.24 bits per heavy atom. The highest BCUT2D eigenvalue weighted by atomic mass is 16.2. The summed E-state index contributed by atoms with van der Waals surface area (Å²) in [5.74, 6) is 0.0354. The van der Waals surface area contributed by atoms with Gasteiger partial charge in [-0.15, -0.1) is 0 Å². The number of imide groups is 1. The van der Waals surface area contributed by atoms with Gasteiger partial charge in [-0.1, -0.05) is 12.8 Å². The molecule has 1 unspecified atom stereocenters. The highest BCUT2D eigenvalue weighted by Gasteiger charge is 2.45. The van der Waals surface area contributed by atoms with Gasteiger partial charge in [-0.25, -0.2) is 0 Å². The van der Waals surface area contributed by atoms with E-state index in [9.17, 15) is 9.59 Å². The molecule has 0 radical (unpaired) electrons. The summed E-state index contributed by atoms with van der Waals surface area (Å²) in [7, 11) is 0. The predicted octanol–water partition coefficient (Wildman–Crippen LogP) is 1.43. The topological polar surface area (TPSA) is 63.4 Å². The fraction of sp³-hybridized carbons (Fsp3) is 0.846. The fourth-order valence-corrected chi connectivity index (χ4v) is 3.35. The molecule has 2 N–H and O–H groups in total. The van der Waals surface area contributed by atoms with Crippen LogP contribution in [0.2, 0.25) is 0 Å². The Labute approximate surface area is 103 Å². The summed E-state index contributed by atoms with van der Waals surface area (Å²) in [6.45, 7) is 2.43. The lowest BCUT2D eigenvalue weighted by Crippen LogP contribution is -2.51. The van der Waals surface area contributed by atoms with Crippen molar-refractivity contribution in [2.45, 2.75) is 57.9 Å². The Morgan fingerprint density at radius 3 is 2.24 bits per heavy atom. The van der Waals surface area contributed by atoms with Crippen molar-refractivity contribution in [3.05, 3.63) is 0 Å². The molecule has 96 valence electrons. The van der Waals surface area contributed by atoms with Crippen LogP contribution in [0.25, 0.3) is 0 Å². The zero-order valence-electron chi connectivity index (χ0n) is 10.6. The van der Waals surface area contributed by atoms with Crippen LogP contribution in [0.5, 0.6) is 0 Å². The van der Waals surface area contributed by atoms with Crippen LogP contribution >= 0.6 is 0 Å². The van der Waals surface area contributed by atoms with E-state index in [1.54, 1.807) is 0 Å². The Kier molecular flexibility index (Phi) is 3.52. The van der Waals surface area contributed by atoms with E-state index in [-0.39, 0.29) is 23.3 Å². The molecule has 2 aliphatic rings. The number of hydrogen-bond donors (Lipinski definition) is 1. The van der Waals surface area contributed by atoms with Crippen molar-refractivity contribution in [2.24, 2.45) is 11.1 Å². The molecule has 1 aliphatic heterocycles. The van der Waals surface area contributed by atoms with E-state index in [1.165, 1.54) is 17.7 Å². The van der Waals surface area contributed by atoms with Gasteiger partial charge in [0.25, 0.3) is 0 Å². The number of carbonyl (C=O) groups excluding carboxylic acids is 2. The van der Waals surface area contributed by atoms with E-state index in [2.05, 4.69) is 0 Å². The van der Waals surface area contributed by atoms with Crippen LogP contribution in [0.4, 0.5) is 0 Å². The summed E-state index contributed by atoms with van der Waals surface area (Å²) in [4.78, 5) is 25.7. The number of amides is 2. The van der Waals surface area contributed by atoms with Gasteiger partial charge in [-0.2, -0.15) is 0 Å². The highest BCUT2D eigenvalue weighted by Crippen LogP contribution is 2.47. The van der Waals surface area contributed by atoms with Crippen molar-refractivity contribution < 1.29 is 9.59 Å². The minimum absolute atomic E-state index is 0.00704. The fourth-order valence-electron chi connectivity index (χ4n) is 3.35. The van der Waals surface area contributed by atoms with Gasteiger partial charge in [0.1, 0.15) is 0 Å². The molecular formula is C13H22N2O2. The maximum atomic E-state index is 12.1. The van der Waals surface area contributed by atoms with Crippen molar-refractivity contribution in [2.75, 3.05) is 6.54 Å². The molecule has 4 nitrogen and oxygen atoms in total. The van der Waals surface area contributed by atoms with E-state index in [4.69, 9.17) is 5.73 Å². The molecule has 2 rings (SSSR count). The summed E-state index contributed by atoms with van der Waals surface area (Å²) in [5, 5.41) is 0. The average Bonchev–Trinajstić information content (AvgIpc) is 2.65. The molecule has 1 atom stereocenters. The van der Waals surface area contributed by atoms with E-state index in [1.807, 2.05) is 6.92 Å². The Hall–Kier alpha value is -0.900. The van der Waals surface area contributed by atoms with Crippen molar-refractivity contribution in [1.29, 1.82) is 0 Å². The van der Waals surface area contributed by atoms with Gasteiger partial charge >= 0.3 is 0 Å². The van der Waals surface area contributed by atoms with Crippen molar-refractivity contribution in [3.8, 4) is 0 Å². The van der Waals surface area contributed by atoms with Crippen LogP contribution in [-0.4, -0.2) is 29.3 Å². The monoisotopic (exact) mass is 238 g/mol. The minimum Gasteiger partial charge on any atom is -0.330 e. The number of rotatable bonds is 3. The Morgan fingerprint density at radius 2 is 1.76 bits per heavy atom. The lowest BCUT2D eigenvalue weighted by atomic mass is 9.76. The van der Waals surface area contributed by atoms with Gasteiger partial charge in [-0.05, 0) is 38.1 Å². The molecule has 1 saturated heterocycles. The third-order valence-electron chi connectivity index (χ3n) is 4.28. The summed E-state index contributed by atoms with van der Waals surface area (Å²) in [6.07, 6.45) is 6.25. The molecule has 0 aromatic rings. The first-order chi connectivity index (χ1) is 8.08. The first-order valence-corrected chi connectivity index (χ1v) is 6.63. The molecule has 0 aromatic carbocycles. The number of nitrogens with two attached hydrogens (primary N) is 1. The number of carbonyl (C=O) groups is 2. The third kappa shape index (κ3) is 2.37. The zero-order chi connectivity index (χ0) is 12.5. The van der Waals surface area contributed by atoms with Crippen LogP contribution < -0.4 is 5.73 Å². The number of hydrogen-bond acceptors (Lipinski definition) is 3. The molecule has 1 heterocycles. The second-order valence-corrected chi connectivity index (χ2v) is 5.64. The van der Waals surface area contributed by atoms with Crippen molar-refractivity contribution >= 4 is 11.8 Å². The molecule has 1 saturated carbocycles. The lowest BCUT2D eigenvalue weighted by Gasteiger charge is -2.39. The number of likely N-dealkylation sites (tertiary alicyclic amines) is 1. The van der Waals surface area contributed by atoms with Crippen LogP contribution in [0.3, 0.4) is 0 Å². The van der Waals surface area contributed by atoms with E-state index in [0.717, 1.165) is 12.8 Å². The average molecular weight is 238 g/mol. The van der Waals surface area contributed by atoms with E-state index >= 15 is 0 Å². The number of nitrogens with zero attached hydrogens (tertiary/aromatic N) is 1. The molecular weight excluding hydrogens is 216 g/mol. The smallest absolute Gasteiger partial charge is 0.229 e. The minimum atomic E-state index is -0.0428. The van der Waals surface area contributed by atoms with Gasteiger partial charge in [0.15, 0.2) is 0 Å². The van der Waals surface area contributed by atoms with Crippen molar-refractivity contribution in [3.63, 3.8) is 0 Å². The van der Waals surface area contributed by atoms with Gasteiger partial charge in [0.2, 0.25) is 11.8 Å². The summed E-state index contributed by atoms with van der Waals surface area (Å²) in [5.41, 5.74) is 5.50. The molecule has 4 heteroatoms. The second-order valence-electron chi connectivity index (χ2n) is 5.64. The predicted molar refractivity (Wildman–Crippen MR) is 65.1 cm³/mol. The molecule has 0 bridgehead atoms. The number of piperidine rings is 1. The molecule has 0 aromatic heterocycles. The molecule has 1 aliphatic carbocycles. The Bertz CT molecular complexity index is 301. The molecule has 17 heavy (non-hydrogen) atoms. The van der Waals surface area contributed by atoms with Crippen molar-refractivity contribution in [1.82, 2.24) is 4.90 Å². The summed E-state index contributed by atoms with van der Waals surface area (Å²) < 4.78 is 0. The van der Waals surface area contributed by atoms with Crippen LogP contribution in [0.15, 0.2) is 0 Å². The van der Waals surface area contributed by atoms with E-state index < -0.39 is 0 Å². The first-order valence-electron chi connectivity index (χ1n) is 6.63. The summed E-state index contributed by atoms with van der Waals surface area (Å²) in [6, 6.07) is -0.0428. The second kappa shape index (κ2) is 4.77. The van der Waals surface area contributed by atoms with Crippen LogP contribution in [-0.2, 0) is 9.59 Å². The normalized spacial score (nSPS) is 25.6. The zero-order valence-corrected chi connectivity index (χ0v) is 10.6.